The van der Waals surface area contributed by atoms with E-state index in [1.54, 1.807) is 18.4 Å². The summed E-state index contributed by atoms with van der Waals surface area (Å²) in [6.45, 7) is 3.47. The van der Waals surface area contributed by atoms with Crippen LogP contribution in [0.1, 0.15) is 18.8 Å². The molecule has 4 atom stereocenters. The number of rotatable bonds is 1. The molecule has 0 radical (unpaired) electrons. The molecule has 2 N–H and O–H groups in total. The molecule has 2 aromatic heterocycles. The summed E-state index contributed by atoms with van der Waals surface area (Å²) in [5, 5.41) is 19.9. The lowest BCUT2D eigenvalue weighted by Gasteiger charge is -2.16. The first kappa shape index (κ1) is 12.7. The van der Waals surface area contributed by atoms with Crippen LogP contribution in [0.2, 0.25) is 5.28 Å². The number of hydrogen-bond acceptors (Lipinski definition) is 6. The minimum absolute atomic E-state index is 0.104. The van der Waals surface area contributed by atoms with Gasteiger partial charge in [-0.25, -0.2) is 9.97 Å². The molecule has 1 unspecified atom stereocenters. The third-order valence-electron chi connectivity index (χ3n) is 3.32. The molecule has 0 aliphatic carbocycles. The van der Waals surface area contributed by atoms with Crippen LogP contribution in [-0.4, -0.2) is 48.0 Å². The van der Waals surface area contributed by atoms with Crippen molar-refractivity contribution in [1.82, 2.24) is 19.5 Å². The third kappa shape index (κ3) is 1.90. The Morgan fingerprint density at radius 2 is 2.05 bits per heavy atom. The molecule has 3 heterocycles. The van der Waals surface area contributed by atoms with Crippen molar-refractivity contribution in [3.8, 4) is 0 Å². The van der Waals surface area contributed by atoms with Crippen molar-refractivity contribution in [1.29, 1.82) is 0 Å². The van der Waals surface area contributed by atoms with Crippen LogP contribution in [0.15, 0.2) is 6.33 Å². The van der Waals surface area contributed by atoms with Crippen LogP contribution in [0.25, 0.3) is 11.2 Å². The van der Waals surface area contributed by atoms with Gasteiger partial charge in [0.05, 0.1) is 18.1 Å². The van der Waals surface area contributed by atoms with E-state index in [9.17, 15) is 10.2 Å². The molecule has 0 amide bonds. The van der Waals surface area contributed by atoms with E-state index in [-0.39, 0.29) is 5.28 Å². The number of aliphatic hydroxyl groups excluding tert-OH is 2. The lowest BCUT2D eigenvalue weighted by Crippen LogP contribution is -2.30. The van der Waals surface area contributed by atoms with E-state index in [2.05, 4.69) is 15.0 Å². The van der Waals surface area contributed by atoms with Crippen LogP contribution in [0.5, 0.6) is 0 Å². The Morgan fingerprint density at radius 3 is 2.68 bits per heavy atom. The van der Waals surface area contributed by atoms with Gasteiger partial charge in [-0.15, -0.1) is 0 Å². The molecule has 19 heavy (non-hydrogen) atoms. The van der Waals surface area contributed by atoms with Gasteiger partial charge in [0.1, 0.15) is 17.7 Å². The summed E-state index contributed by atoms with van der Waals surface area (Å²) in [6, 6.07) is 0. The SMILES string of the molecule is Cc1nc(Cl)nc2c1ncn2C1O[C@H](C)[C@@H](O)[C@H]1O. The zero-order valence-electron chi connectivity index (χ0n) is 10.4. The standard InChI is InChI=1S/C11H13ClN4O3/c1-4-6-9(15-11(12)14-4)16(3-13-6)10-8(18)7(17)5(2)19-10/h3,5,7-8,10,17-18H,1-2H3/t5-,7-,8-,10?/m1/s1. The van der Waals surface area contributed by atoms with Crippen molar-refractivity contribution < 1.29 is 14.9 Å². The highest BCUT2D eigenvalue weighted by Crippen LogP contribution is 2.31. The minimum atomic E-state index is -1.04. The summed E-state index contributed by atoms with van der Waals surface area (Å²) in [6.07, 6.45) is -1.68. The van der Waals surface area contributed by atoms with E-state index >= 15 is 0 Å². The van der Waals surface area contributed by atoms with E-state index in [0.717, 1.165) is 0 Å². The first-order valence-corrected chi connectivity index (χ1v) is 6.25. The Balaban J connectivity index is 2.11. The summed E-state index contributed by atoms with van der Waals surface area (Å²) in [7, 11) is 0. The topological polar surface area (TPSA) is 93.3 Å². The fraction of sp³-hybridized carbons (Fsp3) is 0.545. The van der Waals surface area contributed by atoms with Gasteiger partial charge < -0.3 is 14.9 Å². The number of hydrogen-bond donors (Lipinski definition) is 2. The van der Waals surface area contributed by atoms with Crippen LogP contribution in [0.4, 0.5) is 0 Å². The van der Waals surface area contributed by atoms with E-state index < -0.39 is 24.5 Å². The van der Waals surface area contributed by atoms with Crippen molar-refractivity contribution in [3.05, 3.63) is 17.3 Å². The zero-order chi connectivity index (χ0) is 13.7. The molecule has 1 aliphatic heterocycles. The van der Waals surface area contributed by atoms with Crippen molar-refractivity contribution in [2.24, 2.45) is 0 Å². The van der Waals surface area contributed by atoms with Crippen molar-refractivity contribution in [3.63, 3.8) is 0 Å². The number of halogens is 1. The predicted octanol–water partition coefficient (Wildman–Crippen LogP) is 0.427. The van der Waals surface area contributed by atoms with Gasteiger partial charge in [0, 0.05) is 0 Å². The second kappa shape index (κ2) is 4.38. The maximum absolute atomic E-state index is 10.00. The molecule has 1 saturated heterocycles. The molecule has 102 valence electrons. The first-order chi connectivity index (χ1) is 8.99. The van der Waals surface area contributed by atoms with Crippen LogP contribution in [0, 0.1) is 6.92 Å². The smallest absolute Gasteiger partial charge is 0.224 e. The average molecular weight is 285 g/mol. The number of aromatic nitrogens is 4. The number of ether oxygens (including phenoxy) is 1. The Kier molecular flexibility index (Phi) is 2.94. The normalized spacial score (nSPS) is 31.2. The zero-order valence-corrected chi connectivity index (χ0v) is 11.1. The number of aliphatic hydroxyl groups is 2. The van der Waals surface area contributed by atoms with Gasteiger partial charge in [0.15, 0.2) is 11.9 Å². The van der Waals surface area contributed by atoms with Crippen molar-refractivity contribution >= 4 is 22.8 Å². The molecule has 2 aromatic rings. The highest BCUT2D eigenvalue weighted by Gasteiger charge is 2.42. The van der Waals surface area contributed by atoms with Crippen LogP contribution in [0.3, 0.4) is 0 Å². The quantitative estimate of drug-likeness (QED) is 0.738. The average Bonchev–Trinajstić information content (AvgIpc) is 2.86. The van der Waals surface area contributed by atoms with E-state index in [1.807, 2.05) is 0 Å². The molecule has 0 aromatic carbocycles. The number of imidazole rings is 1. The van der Waals surface area contributed by atoms with Gasteiger partial charge in [0.2, 0.25) is 5.28 Å². The van der Waals surface area contributed by atoms with Gasteiger partial charge in [-0.3, -0.25) is 4.57 Å². The number of nitrogens with zero attached hydrogens (tertiary/aromatic N) is 4. The molecule has 0 spiro atoms. The van der Waals surface area contributed by atoms with Gasteiger partial charge in [0.25, 0.3) is 0 Å². The van der Waals surface area contributed by atoms with E-state index in [0.29, 0.717) is 16.9 Å². The van der Waals surface area contributed by atoms with Crippen LogP contribution >= 0.6 is 11.6 Å². The van der Waals surface area contributed by atoms with Gasteiger partial charge in [-0.05, 0) is 25.4 Å². The van der Waals surface area contributed by atoms with Crippen molar-refractivity contribution in [2.75, 3.05) is 0 Å². The van der Waals surface area contributed by atoms with Gasteiger partial charge >= 0.3 is 0 Å². The highest BCUT2D eigenvalue weighted by molar-refractivity contribution is 6.28. The van der Waals surface area contributed by atoms with Gasteiger partial charge in [-0.2, -0.15) is 4.98 Å². The Morgan fingerprint density at radius 1 is 1.32 bits per heavy atom. The Hall–Kier alpha value is -1.28. The monoisotopic (exact) mass is 284 g/mol. The van der Waals surface area contributed by atoms with E-state index in [4.69, 9.17) is 16.3 Å². The summed E-state index contributed by atoms with van der Waals surface area (Å²) in [5.74, 6) is 0. The molecule has 0 saturated carbocycles. The second-order valence-electron chi connectivity index (χ2n) is 4.62. The molecule has 7 nitrogen and oxygen atoms in total. The Bertz CT molecular complexity index is 632. The molecular formula is C11H13ClN4O3. The fourth-order valence-electron chi connectivity index (χ4n) is 2.27. The lowest BCUT2D eigenvalue weighted by molar-refractivity contribution is -0.0299. The molecule has 0 bridgehead atoms. The Labute approximate surface area is 113 Å². The molecular weight excluding hydrogens is 272 g/mol. The van der Waals surface area contributed by atoms with Gasteiger partial charge in [-0.1, -0.05) is 0 Å². The third-order valence-corrected chi connectivity index (χ3v) is 3.49. The predicted molar refractivity (Wildman–Crippen MR) is 66.7 cm³/mol. The summed E-state index contributed by atoms with van der Waals surface area (Å²) in [4.78, 5) is 12.3. The lowest BCUT2D eigenvalue weighted by atomic mass is 10.1. The largest absolute Gasteiger partial charge is 0.388 e. The summed E-state index contributed by atoms with van der Waals surface area (Å²) < 4.78 is 7.10. The summed E-state index contributed by atoms with van der Waals surface area (Å²) in [5.41, 5.74) is 1.71. The number of fused-ring (bicyclic) bond motifs is 1. The van der Waals surface area contributed by atoms with E-state index in [1.165, 1.54) is 6.33 Å². The second-order valence-corrected chi connectivity index (χ2v) is 4.95. The fourth-order valence-corrected chi connectivity index (χ4v) is 2.47. The molecule has 1 aliphatic rings. The maximum Gasteiger partial charge on any atom is 0.224 e. The molecule has 1 fully saturated rings. The summed E-state index contributed by atoms with van der Waals surface area (Å²) >= 11 is 5.84. The first-order valence-electron chi connectivity index (χ1n) is 5.87. The minimum Gasteiger partial charge on any atom is -0.388 e. The molecule has 8 heteroatoms. The van der Waals surface area contributed by atoms with Crippen molar-refractivity contribution in [2.45, 2.75) is 38.4 Å². The number of aryl methyl sites for hydroxylation is 1. The molecule has 3 rings (SSSR count). The maximum atomic E-state index is 10.00. The highest BCUT2D eigenvalue weighted by atomic mass is 35.5. The van der Waals surface area contributed by atoms with Crippen LogP contribution < -0.4 is 0 Å². The van der Waals surface area contributed by atoms with Crippen LogP contribution in [-0.2, 0) is 4.74 Å².